The summed E-state index contributed by atoms with van der Waals surface area (Å²) >= 11 is 3.45. The third kappa shape index (κ3) is 5.11. The third-order valence-corrected chi connectivity index (χ3v) is 3.78. The molecule has 3 N–H and O–H groups in total. The van der Waals surface area contributed by atoms with Crippen LogP contribution < -0.4 is 11.1 Å². The molecule has 1 aromatic rings. The summed E-state index contributed by atoms with van der Waals surface area (Å²) in [6.45, 7) is 2.69. The van der Waals surface area contributed by atoms with Gasteiger partial charge in [0.1, 0.15) is 0 Å². The number of halogens is 1. The van der Waals surface area contributed by atoms with Crippen LogP contribution in [0.3, 0.4) is 0 Å². The summed E-state index contributed by atoms with van der Waals surface area (Å²) in [4.78, 5) is 24.1. The smallest absolute Gasteiger partial charge is 0.318 e. The molecule has 7 heteroatoms. The Kier molecular flexibility index (Phi) is 5.72. The van der Waals surface area contributed by atoms with Crippen molar-refractivity contribution in [2.75, 3.05) is 26.2 Å². The quantitative estimate of drug-likeness (QED) is 0.854. The zero-order valence-corrected chi connectivity index (χ0v) is 13.1. The first kappa shape index (κ1) is 15.9. The predicted octanol–water partition coefficient (Wildman–Crippen LogP) is 1.41. The Bertz CT molecular complexity index is 524. The van der Waals surface area contributed by atoms with Crippen LogP contribution in [0, 0.1) is 0 Å². The van der Waals surface area contributed by atoms with Crippen molar-refractivity contribution in [2.45, 2.75) is 12.5 Å². The van der Waals surface area contributed by atoms with E-state index < -0.39 is 6.03 Å². The van der Waals surface area contributed by atoms with Crippen molar-refractivity contribution >= 4 is 27.9 Å². The van der Waals surface area contributed by atoms with E-state index in [1.165, 1.54) is 0 Å². The second kappa shape index (κ2) is 7.53. The maximum atomic E-state index is 11.4. The van der Waals surface area contributed by atoms with Crippen LogP contribution in [-0.2, 0) is 9.53 Å². The van der Waals surface area contributed by atoms with E-state index in [2.05, 4.69) is 26.1 Å². The first-order valence-corrected chi connectivity index (χ1v) is 7.52. The van der Waals surface area contributed by atoms with Crippen LogP contribution in [0.4, 0.5) is 4.79 Å². The van der Waals surface area contributed by atoms with Gasteiger partial charge < -0.3 is 10.5 Å². The Labute approximate surface area is 131 Å². The Morgan fingerprint density at radius 1 is 1.48 bits per heavy atom. The number of primary amides is 1. The number of carbonyl (C=O) groups is 2. The molecule has 0 radical (unpaired) electrons. The van der Waals surface area contributed by atoms with Crippen LogP contribution >= 0.6 is 15.9 Å². The Morgan fingerprint density at radius 2 is 2.29 bits per heavy atom. The van der Waals surface area contributed by atoms with Gasteiger partial charge in [0.15, 0.2) is 0 Å². The molecule has 0 spiro atoms. The molecule has 1 aromatic carbocycles. The molecule has 6 nitrogen and oxygen atoms in total. The van der Waals surface area contributed by atoms with Crippen molar-refractivity contribution in [3.63, 3.8) is 0 Å². The van der Waals surface area contributed by atoms with Crippen molar-refractivity contribution in [1.29, 1.82) is 0 Å². The molecule has 21 heavy (non-hydrogen) atoms. The summed E-state index contributed by atoms with van der Waals surface area (Å²) in [6.07, 6.45) is 0.240. The molecule has 114 valence electrons. The van der Waals surface area contributed by atoms with E-state index in [1.807, 2.05) is 24.3 Å². The average molecular weight is 356 g/mol. The number of ether oxygens (including phenoxy) is 1. The summed E-state index contributed by atoms with van der Waals surface area (Å²) < 4.78 is 6.80. The van der Waals surface area contributed by atoms with Gasteiger partial charge in [-0.25, -0.2) is 4.79 Å². The number of rotatable bonds is 4. The number of benzene rings is 1. The SMILES string of the molecule is NC(=O)NC(=O)CCN1CCO[C@@H](c2cccc(Br)c2)C1. The molecule has 2 rings (SSSR count). The molecule has 0 aliphatic carbocycles. The van der Waals surface area contributed by atoms with Crippen LogP contribution in [0.25, 0.3) is 0 Å². The Morgan fingerprint density at radius 3 is 3.00 bits per heavy atom. The number of nitrogens with one attached hydrogen (secondary N) is 1. The minimum Gasteiger partial charge on any atom is -0.371 e. The molecular weight excluding hydrogens is 338 g/mol. The van der Waals surface area contributed by atoms with Crippen LogP contribution in [0.1, 0.15) is 18.1 Å². The molecule has 0 unspecified atom stereocenters. The predicted molar refractivity (Wildman–Crippen MR) is 81.6 cm³/mol. The number of hydrogen-bond donors (Lipinski definition) is 2. The van der Waals surface area contributed by atoms with E-state index in [-0.39, 0.29) is 18.4 Å². The van der Waals surface area contributed by atoms with Crippen molar-refractivity contribution in [3.8, 4) is 0 Å². The van der Waals surface area contributed by atoms with E-state index in [1.54, 1.807) is 0 Å². The van der Waals surface area contributed by atoms with Gasteiger partial charge in [0.2, 0.25) is 5.91 Å². The summed E-state index contributed by atoms with van der Waals surface area (Å²) in [6, 6.07) is 7.20. The van der Waals surface area contributed by atoms with Gasteiger partial charge in [-0.1, -0.05) is 28.1 Å². The van der Waals surface area contributed by atoms with Gasteiger partial charge in [-0.3, -0.25) is 15.0 Å². The van der Waals surface area contributed by atoms with E-state index in [9.17, 15) is 9.59 Å². The monoisotopic (exact) mass is 355 g/mol. The van der Waals surface area contributed by atoms with Gasteiger partial charge in [-0.2, -0.15) is 0 Å². The third-order valence-electron chi connectivity index (χ3n) is 3.29. The largest absolute Gasteiger partial charge is 0.371 e. The van der Waals surface area contributed by atoms with E-state index in [0.717, 1.165) is 23.1 Å². The Hall–Kier alpha value is -1.44. The van der Waals surface area contributed by atoms with E-state index in [4.69, 9.17) is 10.5 Å². The summed E-state index contributed by atoms with van der Waals surface area (Å²) in [5, 5.41) is 2.07. The fourth-order valence-corrected chi connectivity index (χ4v) is 2.69. The van der Waals surface area contributed by atoms with Crippen molar-refractivity contribution < 1.29 is 14.3 Å². The molecular formula is C14H18BrN3O3. The lowest BCUT2D eigenvalue weighted by Gasteiger charge is -2.33. The summed E-state index contributed by atoms with van der Waals surface area (Å²) in [5.41, 5.74) is 6.01. The normalized spacial score (nSPS) is 19.2. The topological polar surface area (TPSA) is 84.7 Å². The highest BCUT2D eigenvalue weighted by molar-refractivity contribution is 9.10. The number of carbonyl (C=O) groups excluding carboxylic acids is 2. The molecule has 1 fully saturated rings. The second-order valence-electron chi connectivity index (χ2n) is 4.88. The number of urea groups is 1. The molecule has 0 saturated carbocycles. The summed E-state index contributed by atoms with van der Waals surface area (Å²) in [7, 11) is 0. The van der Waals surface area contributed by atoms with Gasteiger partial charge in [0.05, 0.1) is 12.7 Å². The van der Waals surface area contributed by atoms with Gasteiger partial charge in [-0.05, 0) is 17.7 Å². The first-order chi connectivity index (χ1) is 10.0. The molecule has 1 heterocycles. The number of morpholine rings is 1. The van der Waals surface area contributed by atoms with Crippen molar-refractivity contribution in [3.05, 3.63) is 34.3 Å². The van der Waals surface area contributed by atoms with Crippen molar-refractivity contribution in [2.24, 2.45) is 5.73 Å². The molecule has 1 aliphatic rings. The minimum absolute atomic E-state index is 0.00421. The highest BCUT2D eigenvalue weighted by Crippen LogP contribution is 2.24. The minimum atomic E-state index is -0.811. The zero-order valence-electron chi connectivity index (χ0n) is 11.5. The van der Waals surface area contributed by atoms with Crippen molar-refractivity contribution in [1.82, 2.24) is 10.2 Å². The summed E-state index contributed by atoms with van der Waals surface area (Å²) in [5.74, 6) is -0.354. The number of hydrogen-bond acceptors (Lipinski definition) is 4. The van der Waals surface area contributed by atoms with Crippen LogP contribution in [0.15, 0.2) is 28.7 Å². The number of amides is 3. The van der Waals surface area contributed by atoms with Gasteiger partial charge in [-0.15, -0.1) is 0 Å². The van der Waals surface area contributed by atoms with Gasteiger partial charge in [0.25, 0.3) is 0 Å². The fourth-order valence-electron chi connectivity index (χ4n) is 2.27. The van der Waals surface area contributed by atoms with Gasteiger partial charge >= 0.3 is 6.03 Å². The maximum Gasteiger partial charge on any atom is 0.318 e. The highest BCUT2D eigenvalue weighted by atomic mass is 79.9. The van der Waals surface area contributed by atoms with Crippen LogP contribution in [-0.4, -0.2) is 43.1 Å². The molecule has 1 atom stereocenters. The number of nitrogens with zero attached hydrogens (tertiary/aromatic N) is 1. The second-order valence-corrected chi connectivity index (χ2v) is 5.79. The number of nitrogens with two attached hydrogens (primary N) is 1. The molecule has 0 bridgehead atoms. The average Bonchev–Trinajstić information content (AvgIpc) is 2.45. The van der Waals surface area contributed by atoms with E-state index in [0.29, 0.717) is 13.2 Å². The first-order valence-electron chi connectivity index (χ1n) is 6.73. The zero-order chi connectivity index (χ0) is 15.2. The molecule has 0 aromatic heterocycles. The van der Waals surface area contributed by atoms with E-state index >= 15 is 0 Å². The molecule has 3 amide bonds. The lowest BCUT2D eigenvalue weighted by atomic mass is 10.1. The maximum absolute atomic E-state index is 11.4. The highest BCUT2D eigenvalue weighted by Gasteiger charge is 2.22. The lowest BCUT2D eigenvalue weighted by Crippen LogP contribution is -2.41. The standard InChI is InChI=1S/C14H18BrN3O3/c15-11-3-1-2-10(8-11)12-9-18(6-7-21-12)5-4-13(19)17-14(16)20/h1-3,8,12H,4-7,9H2,(H3,16,17,19,20)/t12-/m1/s1. The number of imide groups is 1. The van der Waals surface area contributed by atoms with Gasteiger partial charge in [0, 0.05) is 30.5 Å². The fraction of sp³-hybridized carbons (Fsp3) is 0.429. The molecule has 1 saturated heterocycles. The van der Waals surface area contributed by atoms with Crippen LogP contribution in [0.2, 0.25) is 0 Å². The Balaban J connectivity index is 1.86. The lowest BCUT2D eigenvalue weighted by molar-refractivity contribution is -0.120. The molecule has 1 aliphatic heterocycles. The van der Waals surface area contributed by atoms with Crippen LogP contribution in [0.5, 0.6) is 0 Å².